The van der Waals surface area contributed by atoms with Gasteiger partial charge >= 0.3 is 0 Å². The monoisotopic (exact) mass is 236 g/mol. The first kappa shape index (κ1) is 12.0. The van der Waals surface area contributed by atoms with Crippen molar-refractivity contribution in [2.45, 2.75) is 64.0 Å². The van der Waals surface area contributed by atoms with Crippen LogP contribution in [0.15, 0.2) is 0 Å². The van der Waals surface area contributed by atoms with E-state index in [2.05, 4.69) is 17.1 Å². The van der Waals surface area contributed by atoms with Crippen LogP contribution in [-0.4, -0.2) is 36.6 Å². The van der Waals surface area contributed by atoms with E-state index in [0.717, 1.165) is 23.9 Å². The van der Waals surface area contributed by atoms with Gasteiger partial charge in [0.05, 0.1) is 0 Å². The molecule has 1 N–H and O–H groups in total. The van der Waals surface area contributed by atoms with Crippen molar-refractivity contribution in [1.29, 1.82) is 0 Å². The highest BCUT2D eigenvalue weighted by atomic mass is 15.2. The summed E-state index contributed by atoms with van der Waals surface area (Å²) in [5.41, 5.74) is 0. The summed E-state index contributed by atoms with van der Waals surface area (Å²) in [4.78, 5) is 2.71. The van der Waals surface area contributed by atoms with Crippen LogP contribution >= 0.6 is 0 Å². The average Bonchev–Trinajstić information content (AvgIpc) is 3.08. The van der Waals surface area contributed by atoms with Crippen LogP contribution < -0.4 is 5.32 Å². The lowest BCUT2D eigenvalue weighted by Crippen LogP contribution is -2.38. The minimum atomic E-state index is 0.796. The molecule has 1 heterocycles. The molecule has 0 radical (unpaired) electrons. The normalized spacial score (nSPS) is 39.7. The minimum Gasteiger partial charge on any atom is -0.312 e. The highest BCUT2D eigenvalue weighted by Gasteiger charge is 2.34. The maximum atomic E-state index is 3.85. The van der Waals surface area contributed by atoms with Gasteiger partial charge in [0, 0.05) is 25.2 Å². The zero-order valence-corrected chi connectivity index (χ0v) is 11.3. The predicted molar refractivity (Wildman–Crippen MR) is 72.1 cm³/mol. The van der Waals surface area contributed by atoms with Crippen LogP contribution in [0.5, 0.6) is 0 Å². The Morgan fingerprint density at radius 3 is 2.65 bits per heavy atom. The fraction of sp³-hybridized carbons (Fsp3) is 1.00. The van der Waals surface area contributed by atoms with Crippen molar-refractivity contribution in [2.75, 3.05) is 19.6 Å². The Balaban J connectivity index is 1.39. The number of hydrogen-bond donors (Lipinski definition) is 1. The SMILES string of the molecule is CC1CCCCC1CNC1CCN(C2CC2)C1. The molecule has 0 amide bonds. The summed E-state index contributed by atoms with van der Waals surface area (Å²) in [6.45, 7) is 6.41. The van der Waals surface area contributed by atoms with E-state index in [0.29, 0.717) is 0 Å². The van der Waals surface area contributed by atoms with E-state index in [-0.39, 0.29) is 0 Å². The van der Waals surface area contributed by atoms with Gasteiger partial charge in [0.1, 0.15) is 0 Å². The molecule has 98 valence electrons. The van der Waals surface area contributed by atoms with Gasteiger partial charge in [-0.3, -0.25) is 4.90 Å². The predicted octanol–water partition coefficient (Wildman–Crippen LogP) is 2.64. The second-order valence-electron chi connectivity index (χ2n) is 6.64. The van der Waals surface area contributed by atoms with Gasteiger partial charge in [-0.15, -0.1) is 0 Å². The highest BCUT2D eigenvalue weighted by Crippen LogP contribution is 2.31. The summed E-state index contributed by atoms with van der Waals surface area (Å²) < 4.78 is 0. The van der Waals surface area contributed by atoms with Crippen molar-refractivity contribution in [3.63, 3.8) is 0 Å². The summed E-state index contributed by atoms with van der Waals surface area (Å²) in [6.07, 6.45) is 10.2. The van der Waals surface area contributed by atoms with Crippen LogP contribution in [0.1, 0.15) is 51.9 Å². The Bertz CT molecular complexity index is 249. The van der Waals surface area contributed by atoms with Gasteiger partial charge in [-0.1, -0.05) is 26.2 Å². The van der Waals surface area contributed by atoms with Crippen molar-refractivity contribution >= 4 is 0 Å². The van der Waals surface area contributed by atoms with Crippen LogP contribution in [0.25, 0.3) is 0 Å². The van der Waals surface area contributed by atoms with Crippen molar-refractivity contribution in [2.24, 2.45) is 11.8 Å². The highest BCUT2D eigenvalue weighted by molar-refractivity contribution is 4.92. The molecule has 3 atom stereocenters. The van der Waals surface area contributed by atoms with Crippen molar-refractivity contribution in [1.82, 2.24) is 10.2 Å². The Hall–Kier alpha value is -0.0800. The van der Waals surface area contributed by atoms with Crippen LogP contribution in [0.3, 0.4) is 0 Å². The first-order valence-corrected chi connectivity index (χ1v) is 7.80. The zero-order valence-electron chi connectivity index (χ0n) is 11.3. The molecule has 1 aliphatic heterocycles. The number of hydrogen-bond acceptors (Lipinski definition) is 2. The van der Waals surface area contributed by atoms with Crippen molar-refractivity contribution in [3.05, 3.63) is 0 Å². The molecule has 2 saturated carbocycles. The van der Waals surface area contributed by atoms with Gasteiger partial charge in [0.2, 0.25) is 0 Å². The third kappa shape index (κ3) is 3.03. The average molecular weight is 236 g/mol. The zero-order chi connectivity index (χ0) is 11.7. The van der Waals surface area contributed by atoms with E-state index in [1.54, 1.807) is 0 Å². The Kier molecular flexibility index (Phi) is 3.72. The van der Waals surface area contributed by atoms with Crippen molar-refractivity contribution in [3.8, 4) is 0 Å². The molecule has 0 aromatic heterocycles. The smallest absolute Gasteiger partial charge is 0.0207 e. The molecule has 0 aromatic carbocycles. The fourth-order valence-electron chi connectivity index (χ4n) is 3.74. The van der Waals surface area contributed by atoms with Crippen molar-refractivity contribution < 1.29 is 0 Å². The van der Waals surface area contributed by atoms with E-state index in [4.69, 9.17) is 0 Å². The summed E-state index contributed by atoms with van der Waals surface area (Å²) in [5.74, 6) is 1.91. The second kappa shape index (κ2) is 5.27. The van der Waals surface area contributed by atoms with Crippen LogP contribution in [0.2, 0.25) is 0 Å². The van der Waals surface area contributed by atoms with Gasteiger partial charge < -0.3 is 5.32 Å². The molecule has 17 heavy (non-hydrogen) atoms. The van der Waals surface area contributed by atoms with Gasteiger partial charge in [0.25, 0.3) is 0 Å². The number of rotatable bonds is 4. The Morgan fingerprint density at radius 2 is 1.88 bits per heavy atom. The summed E-state index contributed by atoms with van der Waals surface area (Å²) in [7, 11) is 0. The maximum Gasteiger partial charge on any atom is 0.0207 e. The molecule has 0 aromatic rings. The molecule has 2 nitrogen and oxygen atoms in total. The first-order valence-electron chi connectivity index (χ1n) is 7.80. The standard InChI is InChI=1S/C15H28N2/c1-12-4-2-3-5-13(12)10-16-14-8-9-17(11-14)15-6-7-15/h12-16H,2-11H2,1H3. The molecule has 0 spiro atoms. The third-order valence-electron chi connectivity index (χ3n) is 5.24. The molecule has 3 fully saturated rings. The first-order chi connectivity index (χ1) is 8.33. The number of likely N-dealkylation sites (tertiary alicyclic amines) is 1. The third-order valence-corrected chi connectivity index (χ3v) is 5.24. The lowest BCUT2D eigenvalue weighted by atomic mass is 9.80. The molecule has 1 saturated heterocycles. The molecular formula is C15H28N2. The maximum absolute atomic E-state index is 3.85. The number of nitrogens with zero attached hydrogens (tertiary/aromatic N) is 1. The van der Waals surface area contributed by atoms with Gasteiger partial charge in [-0.2, -0.15) is 0 Å². The molecule has 3 rings (SSSR count). The lowest BCUT2D eigenvalue weighted by molar-refractivity contribution is 0.238. The Morgan fingerprint density at radius 1 is 1.06 bits per heavy atom. The van der Waals surface area contributed by atoms with Crippen LogP contribution in [0, 0.1) is 11.8 Å². The second-order valence-corrected chi connectivity index (χ2v) is 6.64. The number of nitrogens with one attached hydrogen (secondary N) is 1. The lowest BCUT2D eigenvalue weighted by Gasteiger charge is -2.30. The van der Waals surface area contributed by atoms with Gasteiger partial charge in [-0.05, 0) is 44.1 Å². The van der Waals surface area contributed by atoms with E-state index in [1.807, 2.05) is 0 Å². The van der Waals surface area contributed by atoms with E-state index >= 15 is 0 Å². The molecule has 3 unspecified atom stereocenters. The van der Waals surface area contributed by atoms with E-state index in [1.165, 1.54) is 64.6 Å². The largest absolute Gasteiger partial charge is 0.312 e. The summed E-state index contributed by atoms with van der Waals surface area (Å²) in [6, 6.07) is 1.76. The summed E-state index contributed by atoms with van der Waals surface area (Å²) in [5, 5.41) is 3.85. The molecule has 3 aliphatic rings. The Labute approximate surface area is 106 Å². The topological polar surface area (TPSA) is 15.3 Å². The summed E-state index contributed by atoms with van der Waals surface area (Å²) >= 11 is 0. The van der Waals surface area contributed by atoms with Gasteiger partial charge in [0.15, 0.2) is 0 Å². The van der Waals surface area contributed by atoms with Gasteiger partial charge in [-0.25, -0.2) is 0 Å². The van der Waals surface area contributed by atoms with E-state index in [9.17, 15) is 0 Å². The quantitative estimate of drug-likeness (QED) is 0.807. The molecule has 2 aliphatic carbocycles. The van der Waals surface area contributed by atoms with Crippen LogP contribution in [-0.2, 0) is 0 Å². The van der Waals surface area contributed by atoms with E-state index < -0.39 is 0 Å². The molecule has 0 bridgehead atoms. The minimum absolute atomic E-state index is 0.796. The van der Waals surface area contributed by atoms with Crippen LogP contribution in [0.4, 0.5) is 0 Å². The fourth-order valence-corrected chi connectivity index (χ4v) is 3.74. The molecule has 2 heteroatoms. The molecular weight excluding hydrogens is 208 g/mol.